The van der Waals surface area contributed by atoms with Crippen molar-refractivity contribution < 1.29 is 0 Å². The Kier molecular flexibility index (Phi) is 5.59. The number of hydrogen-bond donors (Lipinski definition) is 0. The molecule has 1 aromatic carbocycles. The van der Waals surface area contributed by atoms with Gasteiger partial charge in [0.25, 0.3) is 0 Å². The highest BCUT2D eigenvalue weighted by molar-refractivity contribution is 9.08. The van der Waals surface area contributed by atoms with Crippen molar-refractivity contribution in [2.45, 2.75) is 5.33 Å². The van der Waals surface area contributed by atoms with Gasteiger partial charge in [0.05, 0.1) is 0 Å². The van der Waals surface area contributed by atoms with Crippen LogP contribution >= 0.6 is 27.5 Å². The third kappa shape index (κ3) is 3.96. The zero-order chi connectivity index (χ0) is 12.1. The second-order valence-corrected chi connectivity index (χ2v) is 5.13. The molecule has 0 fully saturated rings. The lowest BCUT2D eigenvalue weighted by molar-refractivity contribution is 0.416. The third-order valence-electron chi connectivity index (χ3n) is 2.49. The van der Waals surface area contributed by atoms with Crippen LogP contribution in [-0.2, 0) is 5.33 Å². The standard InChI is InChI=1S/C12H18BrClN2/c1-15(2)6-7-16(3)12-8-11(14)5-4-10(12)9-13/h4-5,8H,6-7,9H2,1-3H3. The number of likely N-dealkylation sites (N-methyl/N-ethyl adjacent to an activating group) is 2. The number of alkyl halides is 1. The van der Waals surface area contributed by atoms with E-state index in [9.17, 15) is 0 Å². The van der Waals surface area contributed by atoms with Crippen LogP contribution < -0.4 is 4.90 Å². The molecule has 90 valence electrons. The quantitative estimate of drug-likeness (QED) is 0.771. The van der Waals surface area contributed by atoms with E-state index in [0.717, 1.165) is 23.4 Å². The summed E-state index contributed by atoms with van der Waals surface area (Å²) in [5.41, 5.74) is 2.47. The summed E-state index contributed by atoms with van der Waals surface area (Å²) in [6.07, 6.45) is 0. The maximum Gasteiger partial charge on any atom is 0.0426 e. The van der Waals surface area contributed by atoms with E-state index in [-0.39, 0.29) is 0 Å². The molecule has 0 atom stereocenters. The molecule has 4 heteroatoms. The van der Waals surface area contributed by atoms with Crippen molar-refractivity contribution >= 4 is 33.2 Å². The molecule has 0 aliphatic heterocycles. The van der Waals surface area contributed by atoms with E-state index < -0.39 is 0 Å². The van der Waals surface area contributed by atoms with Gasteiger partial charge in [0.15, 0.2) is 0 Å². The van der Waals surface area contributed by atoms with Crippen LogP contribution in [0, 0.1) is 0 Å². The first-order valence-electron chi connectivity index (χ1n) is 5.25. The van der Waals surface area contributed by atoms with E-state index in [2.05, 4.69) is 52.9 Å². The maximum absolute atomic E-state index is 6.03. The molecule has 0 radical (unpaired) electrons. The van der Waals surface area contributed by atoms with Gasteiger partial charge >= 0.3 is 0 Å². The Morgan fingerprint density at radius 2 is 1.88 bits per heavy atom. The Labute approximate surface area is 111 Å². The summed E-state index contributed by atoms with van der Waals surface area (Å²) < 4.78 is 0. The second-order valence-electron chi connectivity index (χ2n) is 4.13. The molecule has 0 saturated heterocycles. The Morgan fingerprint density at radius 1 is 1.19 bits per heavy atom. The average Bonchev–Trinajstić information content (AvgIpc) is 2.25. The largest absolute Gasteiger partial charge is 0.373 e. The Morgan fingerprint density at radius 3 is 2.44 bits per heavy atom. The van der Waals surface area contributed by atoms with E-state index in [0.29, 0.717) is 0 Å². The van der Waals surface area contributed by atoms with Crippen LogP contribution in [0.5, 0.6) is 0 Å². The van der Waals surface area contributed by atoms with E-state index >= 15 is 0 Å². The van der Waals surface area contributed by atoms with Crippen LogP contribution in [0.15, 0.2) is 18.2 Å². The van der Waals surface area contributed by atoms with Gasteiger partial charge in [0, 0.05) is 36.2 Å². The first-order chi connectivity index (χ1) is 7.54. The molecule has 16 heavy (non-hydrogen) atoms. The van der Waals surface area contributed by atoms with Gasteiger partial charge in [-0.05, 0) is 31.8 Å². The van der Waals surface area contributed by atoms with Crippen LogP contribution in [0.2, 0.25) is 5.02 Å². The molecular formula is C12H18BrClN2. The fraction of sp³-hybridized carbons (Fsp3) is 0.500. The van der Waals surface area contributed by atoms with Gasteiger partial charge in [0.1, 0.15) is 0 Å². The van der Waals surface area contributed by atoms with Gasteiger partial charge in [-0.3, -0.25) is 0 Å². The van der Waals surface area contributed by atoms with Crippen molar-refractivity contribution in [1.82, 2.24) is 4.90 Å². The second kappa shape index (κ2) is 6.48. The van der Waals surface area contributed by atoms with Gasteiger partial charge in [-0.1, -0.05) is 33.6 Å². The zero-order valence-corrected chi connectivity index (χ0v) is 12.3. The monoisotopic (exact) mass is 304 g/mol. The van der Waals surface area contributed by atoms with Crippen molar-refractivity contribution in [3.63, 3.8) is 0 Å². The lowest BCUT2D eigenvalue weighted by Gasteiger charge is -2.24. The number of nitrogens with zero attached hydrogens (tertiary/aromatic N) is 2. The van der Waals surface area contributed by atoms with Crippen LogP contribution in [0.3, 0.4) is 0 Å². The van der Waals surface area contributed by atoms with Gasteiger partial charge < -0.3 is 9.80 Å². The van der Waals surface area contributed by atoms with Crippen molar-refractivity contribution in [2.24, 2.45) is 0 Å². The van der Waals surface area contributed by atoms with Crippen molar-refractivity contribution in [3.05, 3.63) is 28.8 Å². The molecule has 1 aromatic rings. The van der Waals surface area contributed by atoms with Crippen molar-refractivity contribution in [3.8, 4) is 0 Å². The summed E-state index contributed by atoms with van der Waals surface area (Å²) in [4.78, 5) is 4.41. The fourth-order valence-corrected chi connectivity index (χ4v) is 2.12. The Bertz CT molecular complexity index is 342. The molecule has 0 aliphatic carbocycles. The van der Waals surface area contributed by atoms with Crippen molar-refractivity contribution in [2.75, 3.05) is 39.1 Å². The number of benzene rings is 1. The normalized spacial score (nSPS) is 10.9. The number of halogens is 2. The van der Waals surface area contributed by atoms with Crippen molar-refractivity contribution in [1.29, 1.82) is 0 Å². The maximum atomic E-state index is 6.03. The fourth-order valence-electron chi connectivity index (χ4n) is 1.48. The van der Waals surface area contributed by atoms with E-state index in [1.165, 1.54) is 11.3 Å². The van der Waals surface area contributed by atoms with Gasteiger partial charge in [-0.15, -0.1) is 0 Å². The van der Waals surface area contributed by atoms with E-state index in [1.807, 2.05) is 12.1 Å². The van der Waals surface area contributed by atoms with Crippen LogP contribution in [0.1, 0.15) is 5.56 Å². The average molecular weight is 306 g/mol. The lowest BCUT2D eigenvalue weighted by atomic mass is 10.2. The minimum atomic E-state index is 0.788. The number of rotatable bonds is 5. The first kappa shape index (κ1) is 13.8. The summed E-state index contributed by atoms with van der Waals surface area (Å²) in [5, 5.41) is 1.64. The summed E-state index contributed by atoms with van der Waals surface area (Å²) >= 11 is 9.53. The molecule has 1 rings (SSSR count). The summed E-state index contributed by atoms with van der Waals surface area (Å²) in [6.45, 7) is 2.03. The molecule has 0 aliphatic rings. The molecule has 0 N–H and O–H groups in total. The first-order valence-corrected chi connectivity index (χ1v) is 6.74. The minimum Gasteiger partial charge on any atom is -0.373 e. The van der Waals surface area contributed by atoms with Crippen LogP contribution in [-0.4, -0.2) is 39.1 Å². The van der Waals surface area contributed by atoms with Gasteiger partial charge in [-0.2, -0.15) is 0 Å². The minimum absolute atomic E-state index is 0.788. The highest BCUT2D eigenvalue weighted by Gasteiger charge is 2.07. The highest BCUT2D eigenvalue weighted by atomic mass is 79.9. The molecule has 0 aromatic heterocycles. The summed E-state index contributed by atoms with van der Waals surface area (Å²) in [6, 6.07) is 6.02. The third-order valence-corrected chi connectivity index (χ3v) is 3.32. The zero-order valence-electron chi connectivity index (χ0n) is 10.0. The summed E-state index contributed by atoms with van der Waals surface area (Å²) in [7, 11) is 6.26. The van der Waals surface area contributed by atoms with Crippen LogP contribution in [0.4, 0.5) is 5.69 Å². The molecule has 0 bridgehead atoms. The molecule has 0 amide bonds. The van der Waals surface area contributed by atoms with Crippen LogP contribution in [0.25, 0.3) is 0 Å². The van der Waals surface area contributed by atoms with Gasteiger partial charge in [0.2, 0.25) is 0 Å². The number of anilines is 1. The predicted molar refractivity (Wildman–Crippen MR) is 75.9 cm³/mol. The smallest absolute Gasteiger partial charge is 0.0426 e. The molecule has 0 spiro atoms. The molecule has 2 nitrogen and oxygen atoms in total. The number of hydrogen-bond acceptors (Lipinski definition) is 2. The SMILES string of the molecule is CN(C)CCN(C)c1cc(Cl)ccc1CBr. The van der Waals surface area contributed by atoms with E-state index in [4.69, 9.17) is 11.6 Å². The Hall–Kier alpha value is -0.250. The lowest BCUT2D eigenvalue weighted by Crippen LogP contribution is -2.29. The predicted octanol–water partition coefficient (Wildman–Crippen LogP) is 3.23. The van der Waals surface area contributed by atoms with E-state index in [1.54, 1.807) is 0 Å². The Balaban J connectivity index is 2.80. The molecular weight excluding hydrogens is 288 g/mol. The molecule has 0 heterocycles. The van der Waals surface area contributed by atoms with Gasteiger partial charge in [-0.25, -0.2) is 0 Å². The molecule has 0 unspecified atom stereocenters. The summed E-state index contributed by atoms with van der Waals surface area (Å²) in [5.74, 6) is 0. The highest BCUT2D eigenvalue weighted by Crippen LogP contribution is 2.25. The molecule has 0 saturated carbocycles. The topological polar surface area (TPSA) is 6.48 Å².